The van der Waals surface area contributed by atoms with Crippen LogP contribution in [0.1, 0.15) is 5.76 Å². The van der Waals surface area contributed by atoms with Gasteiger partial charge in [0.15, 0.2) is 0 Å². The second-order valence-corrected chi connectivity index (χ2v) is 2.14. The summed E-state index contributed by atoms with van der Waals surface area (Å²) in [6, 6.07) is 3.29. The van der Waals surface area contributed by atoms with Crippen molar-refractivity contribution in [2.75, 3.05) is 0 Å². The molecule has 0 aliphatic heterocycles. The normalized spacial score (nSPS) is 9.62. The Kier molecular flexibility index (Phi) is 1.77. The number of halogens is 1. The van der Waals surface area contributed by atoms with Gasteiger partial charge in [-0.1, -0.05) is 22.6 Å². The van der Waals surface area contributed by atoms with Gasteiger partial charge in [-0.25, -0.2) is 0 Å². The van der Waals surface area contributed by atoms with Crippen molar-refractivity contribution in [3.63, 3.8) is 0 Å². The van der Waals surface area contributed by atoms with Crippen LogP contribution >= 0.6 is 22.6 Å². The molecular weight excluding hydrogens is 219 g/mol. The van der Waals surface area contributed by atoms with Crippen molar-refractivity contribution in [1.29, 1.82) is 0 Å². The molecule has 1 aromatic heterocycles. The Labute approximate surface area is 60.6 Å². The maximum absolute atomic E-state index is 8.61. The highest BCUT2D eigenvalue weighted by Crippen LogP contribution is 2.15. The summed E-state index contributed by atoms with van der Waals surface area (Å²) < 4.78 is 5.58. The molecule has 0 unspecified atom stereocenters. The average molecular weight is 224 g/mol. The van der Waals surface area contributed by atoms with Gasteiger partial charge in [0, 0.05) is 6.07 Å². The molecule has 2 nitrogen and oxygen atoms in total. The van der Waals surface area contributed by atoms with E-state index < -0.39 is 0 Å². The van der Waals surface area contributed by atoms with Crippen molar-refractivity contribution in [3.05, 3.63) is 17.9 Å². The summed E-state index contributed by atoms with van der Waals surface area (Å²) >= 11 is 2.16. The molecule has 1 heterocycles. The third-order valence-corrected chi connectivity index (χ3v) is 1.53. The first kappa shape index (κ1) is 5.94. The van der Waals surface area contributed by atoms with Gasteiger partial charge in [-0.05, 0) is 6.07 Å². The lowest BCUT2D eigenvalue weighted by atomic mass is 10.5. The first-order valence-electron chi connectivity index (χ1n) is 2.16. The van der Waals surface area contributed by atoms with Gasteiger partial charge in [0.1, 0.15) is 5.76 Å². The largest absolute Gasteiger partial charge is 0.481 e. The molecule has 0 amide bonds. The molecule has 8 heavy (non-hydrogen) atoms. The average Bonchev–Trinajstić information content (AvgIpc) is 2.14. The first-order chi connectivity index (χ1) is 3.83. The highest BCUT2D eigenvalue weighted by atomic mass is 127. The molecule has 0 atom stereocenters. The van der Waals surface area contributed by atoms with Gasteiger partial charge in [-0.15, -0.1) is 0 Å². The van der Waals surface area contributed by atoms with Gasteiger partial charge in [-0.3, -0.25) is 0 Å². The Bertz CT molecular complexity index is 171. The molecule has 1 N–H and O–H groups in total. The number of alkyl halides is 1. The fourth-order valence-corrected chi connectivity index (χ4v) is 0.848. The van der Waals surface area contributed by atoms with E-state index >= 15 is 0 Å². The fourth-order valence-electron chi connectivity index (χ4n) is 0.438. The third-order valence-electron chi connectivity index (χ3n) is 0.779. The zero-order chi connectivity index (χ0) is 5.98. The monoisotopic (exact) mass is 224 g/mol. The lowest BCUT2D eigenvalue weighted by Gasteiger charge is -1.81. The van der Waals surface area contributed by atoms with E-state index in [1.54, 1.807) is 6.07 Å². The zero-order valence-electron chi connectivity index (χ0n) is 4.10. The van der Waals surface area contributed by atoms with E-state index in [1.807, 2.05) is 0 Å². The van der Waals surface area contributed by atoms with Gasteiger partial charge in [0.05, 0.1) is 4.43 Å². The van der Waals surface area contributed by atoms with Crippen LogP contribution in [0.4, 0.5) is 0 Å². The Morgan fingerprint density at radius 1 is 1.62 bits per heavy atom. The van der Waals surface area contributed by atoms with Crippen LogP contribution < -0.4 is 0 Å². The lowest BCUT2D eigenvalue weighted by molar-refractivity contribution is 0.324. The molecule has 0 aliphatic carbocycles. The Balaban J connectivity index is 2.84. The van der Waals surface area contributed by atoms with Crippen LogP contribution in [0.2, 0.25) is 0 Å². The molecule has 0 bridgehead atoms. The van der Waals surface area contributed by atoms with Crippen molar-refractivity contribution in [2.24, 2.45) is 0 Å². The van der Waals surface area contributed by atoms with Crippen LogP contribution in [0.5, 0.6) is 5.95 Å². The van der Waals surface area contributed by atoms with Crippen LogP contribution in [0.25, 0.3) is 0 Å². The second-order valence-electron chi connectivity index (χ2n) is 1.37. The molecule has 3 heteroatoms. The van der Waals surface area contributed by atoms with Gasteiger partial charge < -0.3 is 9.52 Å². The molecule has 44 valence electrons. The number of hydrogen-bond donors (Lipinski definition) is 1. The Hall–Kier alpha value is -0.190. The molecule has 0 aliphatic rings. The van der Waals surface area contributed by atoms with E-state index in [9.17, 15) is 0 Å². The number of aromatic hydroxyl groups is 1. The minimum Gasteiger partial charge on any atom is -0.481 e. The molecule has 0 saturated carbocycles. The topological polar surface area (TPSA) is 33.4 Å². The Morgan fingerprint density at radius 2 is 2.38 bits per heavy atom. The van der Waals surface area contributed by atoms with E-state index in [-0.39, 0.29) is 5.95 Å². The zero-order valence-corrected chi connectivity index (χ0v) is 6.25. The van der Waals surface area contributed by atoms with E-state index in [2.05, 4.69) is 22.6 Å². The van der Waals surface area contributed by atoms with Crippen molar-refractivity contribution in [3.8, 4) is 5.95 Å². The van der Waals surface area contributed by atoms with Crippen LogP contribution in [0.15, 0.2) is 16.5 Å². The highest BCUT2D eigenvalue weighted by Gasteiger charge is 1.94. The summed E-state index contributed by atoms with van der Waals surface area (Å²) in [5.74, 6) is 0.805. The van der Waals surface area contributed by atoms with Gasteiger partial charge in [0.2, 0.25) is 0 Å². The quantitative estimate of drug-likeness (QED) is 0.583. The molecule has 1 aromatic rings. The summed E-state index contributed by atoms with van der Waals surface area (Å²) in [4.78, 5) is 0. The summed E-state index contributed by atoms with van der Waals surface area (Å²) in [5, 5.41) is 8.61. The maximum Gasteiger partial charge on any atom is 0.281 e. The van der Waals surface area contributed by atoms with E-state index in [0.717, 1.165) is 10.2 Å². The van der Waals surface area contributed by atoms with Crippen molar-refractivity contribution in [1.82, 2.24) is 0 Å². The van der Waals surface area contributed by atoms with E-state index in [4.69, 9.17) is 9.52 Å². The van der Waals surface area contributed by atoms with Crippen molar-refractivity contribution >= 4 is 22.6 Å². The fraction of sp³-hybridized carbons (Fsp3) is 0.200. The van der Waals surface area contributed by atoms with Crippen molar-refractivity contribution in [2.45, 2.75) is 4.43 Å². The molecule has 0 saturated heterocycles. The van der Waals surface area contributed by atoms with Crippen LogP contribution in [0, 0.1) is 0 Å². The second kappa shape index (κ2) is 2.39. The molecular formula is C5H5IO2. The van der Waals surface area contributed by atoms with E-state index in [1.165, 1.54) is 6.07 Å². The molecule has 0 aromatic carbocycles. The molecule has 0 fully saturated rings. The molecule has 0 spiro atoms. The number of furan rings is 1. The van der Waals surface area contributed by atoms with E-state index in [0.29, 0.717) is 0 Å². The number of hydrogen-bond acceptors (Lipinski definition) is 2. The van der Waals surface area contributed by atoms with Crippen molar-refractivity contribution < 1.29 is 9.52 Å². The summed E-state index contributed by atoms with van der Waals surface area (Å²) in [5.41, 5.74) is 0. The minimum atomic E-state index is -0.00309. The van der Waals surface area contributed by atoms with Gasteiger partial charge in [-0.2, -0.15) is 0 Å². The Morgan fingerprint density at radius 3 is 2.62 bits per heavy atom. The van der Waals surface area contributed by atoms with Crippen LogP contribution in [0.3, 0.4) is 0 Å². The summed E-state index contributed by atoms with van der Waals surface area (Å²) in [6.07, 6.45) is 0. The van der Waals surface area contributed by atoms with Gasteiger partial charge in [0.25, 0.3) is 5.95 Å². The smallest absolute Gasteiger partial charge is 0.281 e. The predicted octanol–water partition coefficient (Wildman–Crippen LogP) is 1.92. The SMILES string of the molecule is Oc1ccc(CI)o1. The minimum absolute atomic E-state index is 0.00309. The van der Waals surface area contributed by atoms with Gasteiger partial charge >= 0.3 is 0 Å². The molecule has 1 rings (SSSR count). The maximum atomic E-state index is 8.61. The number of rotatable bonds is 1. The predicted molar refractivity (Wildman–Crippen MR) is 38.1 cm³/mol. The third kappa shape index (κ3) is 1.15. The standard InChI is InChI=1S/C5H5IO2/c6-3-4-1-2-5(7)8-4/h1-2,7H,3H2. The molecule has 0 radical (unpaired) electrons. The summed E-state index contributed by atoms with van der Waals surface area (Å²) in [7, 11) is 0. The van der Waals surface area contributed by atoms with Crippen LogP contribution in [-0.2, 0) is 4.43 Å². The highest BCUT2D eigenvalue weighted by molar-refractivity contribution is 14.1. The van der Waals surface area contributed by atoms with Crippen LogP contribution in [-0.4, -0.2) is 5.11 Å². The summed E-state index contributed by atoms with van der Waals surface area (Å²) in [6.45, 7) is 0. The lowest BCUT2D eigenvalue weighted by Crippen LogP contribution is -1.62. The first-order valence-corrected chi connectivity index (χ1v) is 3.69.